The molecule has 0 aliphatic carbocycles. The van der Waals surface area contributed by atoms with Crippen molar-refractivity contribution in [1.29, 1.82) is 0 Å². The van der Waals surface area contributed by atoms with Gasteiger partial charge >= 0.3 is 0 Å². The maximum Gasteiger partial charge on any atom is 0.287 e. The molecule has 1 unspecified atom stereocenters. The molecule has 90 valence electrons. The van der Waals surface area contributed by atoms with E-state index in [0.717, 1.165) is 0 Å². The molecule has 0 saturated heterocycles. The van der Waals surface area contributed by atoms with Crippen molar-refractivity contribution in [1.82, 2.24) is 5.32 Å². The molecule has 1 heterocycles. The second kappa shape index (κ2) is 5.70. The lowest BCUT2D eigenvalue weighted by molar-refractivity contribution is 0.0915. The van der Waals surface area contributed by atoms with Crippen LogP contribution in [0.2, 0.25) is 0 Å². The highest BCUT2D eigenvalue weighted by Crippen LogP contribution is 2.09. The summed E-state index contributed by atoms with van der Waals surface area (Å²) < 4.78 is 5.25. The largest absolute Gasteiger partial charge is 0.455 e. The van der Waals surface area contributed by atoms with Crippen LogP contribution in [0.1, 0.15) is 37.1 Å². The first-order chi connectivity index (χ1) is 7.54. The van der Waals surface area contributed by atoms with Gasteiger partial charge in [-0.3, -0.25) is 4.79 Å². The van der Waals surface area contributed by atoms with Crippen LogP contribution in [0.25, 0.3) is 0 Å². The van der Waals surface area contributed by atoms with Crippen LogP contribution in [0.5, 0.6) is 0 Å². The lowest BCUT2D eigenvalue weighted by Crippen LogP contribution is -2.29. The molecule has 1 amide bonds. The molecule has 0 aliphatic heterocycles. The molecular formula is C12H20N2O2. The lowest BCUT2D eigenvalue weighted by Gasteiger charge is -2.15. The Bertz CT molecular complexity index is 345. The Morgan fingerprint density at radius 2 is 2.12 bits per heavy atom. The fourth-order valence-corrected chi connectivity index (χ4v) is 1.19. The summed E-state index contributed by atoms with van der Waals surface area (Å²) in [4.78, 5) is 11.7. The van der Waals surface area contributed by atoms with Gasteiger partial charge in [-0.25, -0.2) is 0 Å². The summed E-state index contributed by atoms with van der Waals surface area (Å²) >= 11 is 0. The summed E-state index contributed by atoms with van der Waals surface area (Å²) in [6.07, 6.45) is 0. The number of nitrogens with two attached hydrogens (primary N) is 1. The highest BCUT2D eigenvalue weighted by atomic mass is 16.4. The first kappa shape index (κ1) is 12.8. The van der Waals surface area contributed by atoms with Crippen LogP contribution >= 0.6 is 0 Å². The molecular weight excluding hydrogens is 204 g/mol. The molecule has 0 fully saturated rings. The molecule has 16 heavy (non-hydrogen) atoms. The Hall–Kier alpha value is -1.29. The molecule has 1 aromatic rings. The second-order valence-corrected chi connectivity index (χ2v) is 4.40. The van der Waals surface area contributed by atoms with Crippen LogP contribution in [0.4, 0.5) is 0 Å². The molecule has 0 spiro atoms. The SMILES string of the molecule is CC(C)C(C)CNC(=O)c1ccc(CN)o1. The predicted molar refractivity (Wildman–Crippen MR) is 62.9 cm³/mol. The quantitative estimate of drug-likeness (QED) is 0.800. The minimum Gasteiger partial charge on any atom is -0.455 e. The zero-order valence-corrected chi connectivity index (χ0v) is 10.1. The molecule has 4 nitrogen and oxygen atoms in total. The Balaban J connectivity index is 2.46. The molecule has 0 aromatic carbocycles. The number of nitrogens with one attached hydrogen (secondary N) is 1. The van der Waals surface area contributed by atoms with Crippen molar-refractivity contribution in [2.24, 2.45) is 17.6 Å². The monoisotopic (exact) mass is 224 g/mol. The minimum atomic E-state index is -0.174. The summed E-state index contributed by atoms with van der Waals surface area (Å²) in [7, 11) is 0. The normalized spacial score (nSPS) is 12.8. The average Bonchev–Trinajstić information content (AvgIpc) is 2.73. The number of hydrogen-bond donors (Lipinski definition) is 2. The third-order valence-corrected chi connectivity index (χ3v) is 2.81. The van der Waals surface area contributed by atoms with Crippen molar-refractivity contribution in [2.75, 3.05) is 6.54 Å². The van der Waals surface area contributed by atoms with E-state index in [-0.39, 0.29) is 5.91 Å². The maximum absolute atomic E-state index is 11.7. The number of rotatable bonds is 5. The van der Waals surface area contributed by atoms with Crippen molar-refractivity contribution >= 4 is 5.91 Å². The van der Waals surface area contributed by atoms with Crippen LogP contribution in [0.3, 0.4) is 0 Å². The van der Waals surface area contributed by atoms with E-state index in [4.69, 9.17) is 10.2 Å². The van der Waals surface area contributed by atoms with E-state index in [2.05, 4.69) is 26.1 Å². The van der Waals surface area contributed by atoms with Gasteiger partial charge in [0, 0.05) is 6.54 Å². The van der Waals surface area contributed by atoms with E-state index < -0.39 is 0 Å². The summed E-state index contributed by atoms with van der Waals surface area (Å²) in [6, 6.07) is 3.37. The van der Waals surface area contributed by atoms with E-state index in [0.29, 0.717) is 36.4 Å². The van der Waals surface area contributed by atoms with Gasteiger partial charge in [0.1, 0.15) is 5.76 Å². The summed E-state index contributed by atoms with van der Waals surface area (Å²) in [5, 5.41) is 2.84. The summed E-state index contributed by atoms with van der Waals surface area (Å²) in [5.41, 5.74) is 5.40. The first-order valence-corrected chi connectivity index (χ1v) is 5.61. The predicted octanol–water partition coefficient (Wildman–Crippen LogP) is 1.76. The van der Waals surface area contributed by atoms with Crippen molar-refractivity contribution in [3.05, 3.63) is 23.7 Å². The Morgan fingerprint density at radius 1 is 1.44 bits per heavy atom. The number of carbonyl (C=O) groups is 1. The topological polar surface area (TPSA) is 68.3 Å². The van der Waals surface area contributed by atoms with E-state index in [1.165, 1.54) is 0 Å². The molecule has 0 saturated carbocycles. The van der Waals surface area contributed by atoms with E-state index >= 15 is 0 Å². The minimum absolute atomic E-state index is 0.174. The molecule has 3 N–H and O–H groups in total. The van der Waals surface area contributed by atoms with Crippen molar-refractivity contribution in [3.8, 4) is 0 Å². The Kier molecular flexibility index (Phi) is 4.55. The molecule has 1 atom stereocenters. The van der Waals surface area contributed by atoms with Crippen molar-refractivity contribution in [3.63, 3.8) is 0 Å². The number of hydrogen-bond acceptors (Lipinski definition) is 3. The molecule has 1 aromatic heterocycles. The van der Waals surface area contributed by atoms with Gasteiger partial charge < -0.3 is 15.5 Å². The first-order valence-electron chi connectivity index (χ1n) is 5.61. The molecule has 0 bridgehead atoms. The Morgan fingerprint density at radius 3 is 2.62 bits per heavy atom. The molecule has 1 rings (SSSR count). The number of carbonyl (C=O) groups excluding carboxylic acids is 1. The van der Waals surface area contributed by atoms with Gasteiger partial charge in [-0.05, 0) is 24.0 Å². The number of furan rings is 1. The van der Waals surface area contributed by atoms with Crippen LogP contribution in [0, 0.1) is 11.8 Å². The van der Waals surface area contributed by atoms with Gasteiger partial charge in [0.15, 0.2) is 5.76 Å². The zero-order valence-electron chi connectivity index (χ0n) is 10.1. The van der Waals surface area contributed by atoms with Crippen molar-refractivity contribution in [2.45, 2.75) is 27.3 Å². The maximum atomic E-state index is 11.7. The van der Waals surface area contributed by atoms with Crippen molar-refractivity contribution < 1.29 is 9.21 Å². The fourth-order valence-electron chi connectivity index (χ4n) is 1.19. The summed E-state index contributed by atoms with van der Waals surface area (Å²) in [5.74, 6) is 1.79. The standard InChI is InChI=1S/C12H20N2O2/c1-8(2)9(3)7-14-12(15)11-5-4-10(6-13)16-11/h4-5,8-9H,6-7,13H2,1-3H3,(H,14,15). The van der Waals surface area contributed by atoms with Gasteiger partial charge in [-0.1, -0.05) is 20.8 Å². The number of amides is 1. The second-order valence-electron chi connectivity index (χ2n) is 4.40. The highest BCUT2D eigenvalue weighted by molar-refractivity contribution is 5.91. The van der Waals surface area contributed by atoms with Crippen LogP contribution in [0.15, 0.2) is 16.5 Å². The van der Waals surface area contributed by atoms with E-state index in [9.17, 15) is 4.79 Å². The summed E-state index contributed by atoms with van der Waals surface area (Å²) in [6.45, 7) is 7.36. The van der Waals surface area contributed by atoms with Gasteiger partial charge in [0.25, 0.3) is 5.91 Å². The van der Waals surface area contributed by atoms with Crippen LogP contribution in [-0.4, -0.2) is 12.5 Å². The zero-order chi connectivity index (χ0) is 12.1. The third-order valence-electron chi connectivity index (χ3n) is 2.81. The highest BCUT2D eigenvalue weighted by Gasteiger charge is 2.13. The van der Waals surface area contributed by atoms with E-state index in [1.807, 2.05) is 0 Å². The third kappa shape index (κ3) is 3.38. The molecule has 0 radical (unpaired) electrons. The van der Waals surface area contributed by atoms with Gasteiger partial charge in [-0.2, -0.15) is 0 Å². The molecule has 4 heteroatoms. The van der Waals surface area contributed by atoms with Gasteiger partial charge in [0.2, 0.25) is 0 Å². The van der Waals surface area contributed by atoms with Gasteiger partial charge in [0.05, 0.1) is 6.54 Å². The average molecular weight is 224 g/mol. The fraction of sp³-hybridized carbons (Fsp3) is 0.583. The van der Waals surface area contributed by atoms with Crippen LogP contribution in [-0.2, 0) is 6.54 Å². The lowest BCUT2D eigenvalue weighted by atomic mass is 9.98. The molecule has 0 aliphatic rings. The Labute approximate surface area is 96.2 Å². The van der Waals surface area contributed by atoms with E-state index in [1.54, 1.807) is 12.1 Å². The smallest absolute Gasteiger partial charge is 0.287 e. The van der Waals surface area contributed by atoms with Gasteiger partial charge in [-0.15, -0.1) is 0 Å². The van der Waals surface area contributed by atoms with Crippen LogP contribution < -0.4 is 11.1 Å².